The third-order valence-electron chi connectivity index (χ3n) is 4.39. The van der Waals surface area contributed by atoms with Crippen molar-refractivity contribution in [1.82, 2.24) is 10.2 Å². The number of rotatable bonds is 5. The Kier molecular flexibility index (Phi) is 5.63. The number of nitrogens with one attached hydrogen (secondary N) is 1. The van der Waals surface area contributed by atoms with E-state index in [2.05, 4.69) is 50.0 Å². The SMILES string of the molecule is C[C@@H](CNC(=O)c1ccc(C(C)(C)C)cc1)CN1CCCC1. The summed E-state index contributed by atoms with van der Waals surface area (Å²) in [5, 5.41) is 3.07. The predicted molar refractivity (Wildman–Crippen MR) is 92.3 cm³/mol. The van der Waals surface area contributed by atoms with Crippen LogP contribution < -0.4 is 5.32 Å². The monoisotopic (exact) mass is 302 g/mol. The number of benzene rings is 1. The van der Waals surface area contributed by atoms with Crippen molar-refractivity contribution in [3.8, 4) is 0 Å². The second-order valence-electron chi connectivity index (χ2n) is 7.65. The van der Waals surface area contributed by atoms with Crippen LogP contribution in [0.1, 0.15) is 56.5 Å². The van der Waals surface area contributed by atoms with Crippen LogP contribution in [-0.4, -0.2) is 37.0 Å². The zero-order valence-electron chi connectivity index (χ0n) is 14.5. The summed E-state index contributed by atoms with van der Waals surface area (Å²) in [6, 6.07) is 7.98. The van der Waals surface area contributed by atoms with E-state index >= 15 is 0 Å². The highest BCUT2D eigenvalue weighted by molar-refractivity contribution is 5.94. The van der Waals surface area contributed by atoms with Gasteiger partial charge in [0.15, 0.2) is 0 Å². The van der Waals surface area contributed by atoms with Gasteiger partial charge in [-0.3, -0.25) is 4.79 Å². The Morgan fingerprint density at radius 1 is 1.18 bits per heavy atom. The normalized spacial score (nSPS) is 17.5. The molecule has 1 aliphatic heterocycles. The van der Waals surface area contributed by atoms with Gasteiger partial charge < -0.3 is 10.2 Å². The average Bonchev–Trinajstić information content (AvgIpc) is 2.97. The Morgan fingerprint density at radius 2 is 1.77 bits per heavy atom. The van der Waals surface area contributed by atoms with Crippen molar-refractivity contribution in [3.05, 3.63) is 35.4 Å². The molecule has 0 radical (unpaired) electrons. The number of hydrogen-bond acceptors (Lipinski definition) is 2. The van der Waals surface area contributed by atoms with Crippen molar-refractivity contribution < 1.29 is 4.79 Å². The van der Waals surface area contributed by atoms with E-state index in [1.165, 1.54) is 31.5 Å². The van der Waals surface area contributed by atoms with Gasteiger partial charge in [-0.05, 0) is 55.0 Å². The molecule has 22 heavy (non-hydrogen) atoms. The number of hydrogen-bond donors (Lipinski definition) is 1. The maximum absolute atomic E-state index is 12.2. The van der Waals surface area contributed by atoms with Gasteiger partial charge in [0, 0.05) is 18.7 Å². The van der Waals surface area contributed by atoms with Crippen LogP contribution in [0.15, 0.2) is 24.3 Å². The van der Waals surface area contributed by atoms with Gasteiger partial charge in [-0.2, -0.15) is 0 Å². The largest absolute Gasteiger partial charge is 0.352 e. The zero-order chi connectivity index (χ0) is 16.2. The second-order valence-corrected chi connectivity index (χ2v) is 7.65. The third kappa shape index (κ3) is 4.84. The van der Waals surface area contributed by atoms with Crippen molar-refractivity contribution in [2.45, 2.75) is 46.0 Å². The first-order valence-electron chi connectivity index (χ1n) is 8.47. The van der Waals surface area contributed by atoms with E-state index in [-0.39, 0.29) is 11.3 Å². The zero-order valence-corrected chi connectivity index (χ0v) is 14.5. The Bertz CT molecular complexity index is 481. The Morgan fingerprint density at radius 3 is 2.32 bits per heavy atom. The van der Waals surface area contributed by atoms with E-state index in [1.54, 1.807) is 0 Å². The summed E-state index contributed by atoms with van der Waals surface area (Å²) in [4.78, 5) is 14.7. The van der Waals surface area contributed by atoms with Gasteiger partial charge in [-0.1, -0.05) is 39.8 Å². The molecule has 1 aromatic rings. The highest BCUT2D eigenvalue weighted by Gasteiger charge is 2.16. The lowest BCUT2D eigenvalue weighted by molar-refractivity contribution is 0.0945. The predicted octanol–water partition coefficient (Wildman–Crippen LogP) is 3.45. The third-order valence-corrected chi connectivity index (χ3v) is 4.39. The van der Waals surface area contributed by atoms with Crippen LogP contribution in [0.2, 0.25) is 0 Å². The van der Waals surface area contributed by atoms with Crippen LogP contribution in [0.25, 0.3) is 0 Å². The van der Waals surface area contributed by atoms with E-state index in [4.69, 9.17) is 0 Å². The molecule has 3 heteroatoms. The molecule has 0 unspecified atom stereocenters. The molecule has 0 bridgehead atoms. The number of carbonyl (C=O) groups is 1. The van der Waals surface area contributed by atoms with Gasteiger partial charge in [0.1, 0.15) is 0 Å². The van der Waals surface area contributed by atoms with E-state index in [0.29, 0.717) is 5.92 Å². The number of likely N-dealkylation sites (tertiary alicyclic amines) is 1. The van der Waals surface area contributed by atoms with Gasteiger partial charge >= 0.3 is 0 Å². The molecule has 2 rings (SSSR count). The van der Waals surface area contributed by atoms with E-state index < -0.39 is 0 Å². The van der Waals surface area contributed by atoms with Crippen LogP contribution in [0.5, 0.6) is 0 Å². The van der Waals surface area contributed by atoms with Gasteiger partial charge in [-0.25, -0.2) is 0 Å². The first-order valence-corrected chi connectivity index (χ1v) is 8.47. The number of nitrogens with zero attached hydrogens (tertiary/aromatic N) is 1. The van der Waals surface area contributed by atoms with Gasteiger partial charge in [0.25, 0.3) is 5.91 Å². The molecule has 0 saturated carbocycles. The lowest BCUT2D eigenvalue weighted by Gasteiger charge is -2.21. The molecule has 1 fully saturated rings. The first kappa shape index (κ1) is 17.0. The molecule has 0 aliphatic carbocycles. The summed E-state index contributed by atoms with van der Waals surface area (Å²) >= 11 is 0. The minimum Gasteiger partial charge on any atom is -0.352 e. The van der Waals surface area contributed by atoms with Crippen molar-refractivity contribution in [2.75, 3.05) is 26.2 Å². The Labute approximate surface area is 135 Å². The summed E-state index contributed by atoms with van der Waals surface area (Å²) in [5.41, 5.74) is 2.13. The molecule has 3 nitrogen and oxygen atoms in total. The highest BCUT2D eigenvalue weighted by Crippen LogP contribution is 2.22. The van der Waals surface area contributed by atoms with Gasteiger partial charge in [0.05, 0.1) is 0 Å². The fraction of sp³-hybridized carbons (Fsp3) is 0.632. The minimum absolute atomic E-state index is 0.0359. The molecular weight excluding hydrogens is 272 g/mol. The van der Waals surface area contributed by atoms with E-state index in [0.717, 1.165) is 18.7 Å². The van der Waals surface area contributed by atoms with E-state index in [1.807, 2.05) is 12.1 Å². The maximum Gasteiger partial charge on any atom is 0.251 e. The molecule has 1 amide bonds. The van der Waals surface area contributed by atoms with Crippen LogP contribution in [-0.2, 0) is 5.41 Å². The summed E-state index contributed by atoms with van der Waals surface area (Å²) in [6.45, 7) is 13.0. The second kappa shape index (κ2) is 7.28. The summed E-state index contributed by atoms with van der Waals surface area (Å²) in [5.74, 6) is 0.532. The van der Waals surface area contributed by atoms with Gasteiger partial charge in [0.2, 0.25) is 0 Å². The van der Waals surface area contributed by atoms with Gasteiger partial charge in [-0.15, -0.1) is 0 Å². The summed E-state index contributed by atoms with van der Waals surface area (Å²) in [7, 11) is 0. The molecule has 1 atom stereocenters. The molecule has 122 valence electrons. The minimum atomic E-state index is 0.0359. The van der Waals surface area contributed by atoms with Crippen LogP contribution in [0.4, 0.5) is 0 Å². The van der Waals surface area contributed by atoms with Crippen LogP contribution in [0, 0.1) is 5.92 Å². The first-order chi connectivity index (χ1) is 10.4. The van der Waals surface area contributed by atoms with Crippen molar-refractivity contribution in [3.63, 3.8) is 0 Å². The highest BCUT2D eigenvalue weighted by atomic mass is 16.1. The molecule has 1 aliphatic rings. The summed E-state index contributed by atoms with van der Waals surface area (Å²) in [6.07, 6.45) is 2.64. The fourth-order valence-electron chi connectivity index (χ4n) is 2.96. The van der Waals surface area contributed by atoms with Crippen LogP contribution >= 0.6 is 0 Å². The van der Waals surface area contributed by atoms with Crippen LogP contribution in [0.3, 0.4) is 0 Å². The summed E-state index contributed by atoms with van der Waals surface area (Å²) < 4.78 is 0. The molecule has 1 N–H and O–H groups in total. The van der Waals surface area contributed by atoms with Crippen molar-refractivity contribution >= 4 is 5.91 Å². The lowest BCUT2D eigenvalue weighted by atomic mass is 9.87. The molecule has 1 heterocycles. The maximum atomic E-state index is 12.2. The lowest BCUT2D eigenvalue weighted by Crippen LogP contribution is -2.34. The Hall–Kier alpha value is -1.35. The molecule has 1 aromatic carbocycles. The quantitative estimate of drug-likeness (QED) is 0.903. The Balaban J connectivity index is 1.81. The van der Waals surface area contributed by atoms with E-state index in [9.17, 15) is 4.79 Å². The fourth-order valence-corrected chi connectivity index (χ4v) is 2.96. The number of amides is 1. The number of carbonyl (C=O) groups excluding carboxylic acids is 1. The molecule has 1 saturated heterocycles. The average molecular weight is 302 g/mol. The van der Waals surface area contributed by atoms with Crippen molar-refractivity contribution in [1.29, 1.82) is 0 Å². The topological polar surface area (TPSA) is 32.3 Å². The smallest absolute Gasteiger partial charge is 0.251 e. The molecule has 0 spiro atoms. The van der Waals surface area contributed by atoms with Crippen molar-refractivity contribution in [2.24, 2.45) is 5.92 Å². The molecule has 0 aromatic heterocycles. The molecular formula is C19H30N2O. The standard InChI is InChI=1S/C19H30N2O/c1-15(14-21-11-5-6-12-21)13-20-18(22)16-7-9-17(10-8-16)19(2,3)4/h7-10,15H,5-6,11-14H2,1-4H3,(H,20,22)/t15-/m0/s1.